The van der Waals surface area contributed by atoms with Gasteiger partial charge in [0.05, 0.1) is 19.2 Å². The highest BCUT2D eigenvalue weighted by atomic mass is 16.5. The summed E-state index contributed by atoms with van der Waals surface area (Å²) in [7, 11) is 1.29. The Hall–Kier alpha value is -1.82. The maximum atomic E-state index is 11.9. The number of carbonyl (C=O) groups is 2. The quantitative estimate of drug-likeness (QED) is 0.753. The summed E-state index contributed by atoms with van der Waals surface area (Å²) in [5, 5.41) is 2.61. The average Bonchev–Trinajstić information content (AvgIpc) is 2.83. The molecule has 0 spiro atoms. The van der Waals surface area contributed by atoms with Gasteiger partial charge in [0.1, 0.15) is 18.1 Å². The Kier molecular flexibility index (Phi) is 4.91. The summed E-state index contributed by atoms with van der Waals surface area (Å²) in [6.07, 6.45) is 1.31. The topological polar surface area (TPSA) is 94.6 Å². The molecule has 1 atom stereocenters. The van der Waals surface area contributed by atoms with Crippen molar-refractivity contribution in [3.8, 4) is 0 Å². The third kappa shape index (κ3) is 3.33. The number of hydrogen-bond acceptors (Lipinski definition) is 5. The molecule has 6 heteroatoms. The number of methoxy groups -OCH3 is 1. The van der Waals surface area contributed by atoms with Gasteiger partial charge < -0.3 is 20.2 Å². The summed E-state index contributed by atoms with van der Waals surface area (Å²) in [5.74, 6) is -0.412. The lowest BCUT2D eigenvalue weighted by Gasteiger charge is -2.19. The molecule has 0 radical (unpaired) electrons. The first kappa shape index (κ1) is 14.2. The molecule has 6 nitrogen and oxygen atoms in total. The predicted molar refractivity (Wildman–Crippen MR) is 64.7 cm³/mol. The Bertz CT molecular complexity index is 425. The summed E-state index contributed by atoms with van der Waals surface area (Å²) in [4.78, 5) is 23.4. The number of carbonyl (C=O) groups excluding carboxylic acids is 2. The molecule has 0 aromatic carbocycles. The first-order chi connectivity index (χ1) is 8.49. The Morgan fingerprint density at radius 1 is 1.50 bits per heavy atom. The lowest BCUT2D eigenvalue weighted by Crippen LogP contribution is -2.44. The highest BCUT2D eigenvalue weighted by Crippen LogP contribution is 2.09. The van der Waals surface area contributed by atoms with Gasteiger partial charge in [-0.25, -0.2) is 4.79 Å². The van der Waals surface area contributed by atoms with E-state index in [4.69, 9.17) is 10.2 Å². The molecular weight excluding hydrogens is 236 g/mol. The summed E-state index contributed by atoms with van der Waals surface area (Å²) in [5.41, 5.74) is 5.72. The zero-order chi connectivity index (χ0) is 13.7. The van der Waals surface area contributed by atoms with Gasteiger partial charge in [0.15, 0.2) is 0 Å². The first-order valence-corrected chi connectivity index (χ1v) is 5.65. The lowest BCUT2D eigenvalue weighted by atomic mass is 10.0. The van der Waals surface area contributed by atoms with Gasteiger partial charge in [-0.3, -0.25) is 4.79 Å². The molecule has 0 bridgehead atoms. The zero-order valence-electron chi connectivity index (χ0n) is 10.7. The standard InChI is InChI=1S/C12H18N2O4/c1-7(2)10(12(16)17-3)14-11(15)8-4-9(5-13)18-6-8/h4,6-7,10H,5,13H2,1-3H3,(H,14,15). The fourth-order valence-corrected chi connectivity index (χ4v) is 1.46. The molecule has 1 amide bonds. The van der Waals surface area contributed by atoms with Crippen molar-refractivity contribution in [2.45, 2.75) is 26.4 Å². The van der Waals surface area contributed by atoms with Gasteiger partial charge in [-0.2, -0.15) is 0 Å². The highest BCUT2D eigenvalue weighted by Gasteiger charge is 2.25. The van der Waals surface area contributed by atoms with Gasteiger partial charge in [0.2, 0.25) is 0 Å². The molecule has 0 saturated carbocycles. The molecule has 18 heavy (non-hydrogen) atoms. The van der Waals surface area contributed by atoms with E-state index in [0.717, 1.165) is 0 Å². The summed E-state index contributed by atoms with van der Waals surface area (Å²) in [6.45, 7) is 3.86. The summed E-state index contributed by atoms with van der Waals surface area (Å²) < 4.78 is 9.70. The Morgan fingerprint density at radius 3 is 2.61 bits per heavy atom. The van der Waals surface area contributed by atoms with Gasteiger partial charge in [0, 0.05) is 0 Å². The number of nitrogens with one attached hydrogen (secondary N) is 1. The van der Waals surface area contributed by atoms with E-state index in [9.17, 15) is 9.59 Å². The highest BCUT2D eigenvalue weighted by molar-refractivity contribution is 5.96. The minimum Gasteiger partial charge on any atom is -0.467 e. The van der Waals surface area contributed by atoms with Crippen molar-refractivity contribution in [3.63, 3.8) is 0 Å². The average molecular weight is 254 g/mol. The third-order valence-electron chi connectivity index (χ3n) is 2.53. The minimum absolute atomic E-state index is 0.0673. The van der Waals surface area contributed by atoms with Gasteiger partial charge >= 0.3 is 5.97 Å². The van der Waals surface area contributed by atoms with Gasteiger partial charge in [0.25, 0.3) is 5.91 Å². The third-order valence-corrected chi connectivity index (χ3v) is 2.53. The molecule has 100 valence electrons. The van der Waals surface area contributed by atoms with Crippen LogP contribution in [0.2, 0.25) is 0 Å². The minimum atomic E-state index is -0.682. The molecule has 1 aromatic rings. The monoisotopic (exact) mass is 254 g/mol. The van der Waals surface area contributed by atoms with Crippen LogP contribution < -0.4 is 11.1 Å². The normalized spacial score (nSPS) is 12.3. The number of nitrogens with two attached hydrogens (primary N) is 1. The zero-order valence-corrected chi connectivity index (χ0v) is 10.7. The molecule has 0 aliphatic heterocycles. The van der Waals surface area contributed by atoms with Crippen molar-refractivity contribution in [2.24, 2.45) is 11.7 Å². The van der Waals surface area contributed by atoms with Crippen molar-refractivity contribution >= 4 is 11.9 Å². The second kappa shape index (κ2) is 6.20. The van der Waals surface area contributed by atoms with Crippen LogP contribution in [0.15, 0.2) is 16.7 Å². The van der Waals surface area contributed by atoms with Crippen LogP contribution in [0, 0.1) is 5.92 Å². The number of ether oxygens (including phenoxy) is 1. The molecule has 1 rings (SSSR count). The van der Waals surface area contributed by atoms with Crippen molar-refractivity contribution in [3.05, 3.63) is 23.7 Å². The van der Waals surface area contributed by atoms with Crippen LogP contribution >= 0.6 is 0 Å². The van der Waals surface area contributed by atoms with E-state index in [0.29, 0.717) is 11.3 Å². The van der Waals surface area contributed by atoms with Gasteiger partial charge in [-0.1, -0.05) is 13.8 Å². The van der Waals surface area contributed by atoms with E-state index in [-0.39, 0.29) is 18.4 Å². The number of rotatable bonds is 5. The molecule has 0 saturated heterocycles. The lowest BCUT2D eigenvalue weighted by molar-refractivity contribution is -0.144. The SMILES string of the molecule is COC(=O)C(NC(=O)c1coc(CN)c1)C(C)C. The number of amides is 1. The summed E-state index contributed by atoms with van der Waals surface area (Å²) in [6, 6.07) is 0.864. The fourth-order valence-electron chi connectivity index (χ4n) is 1.46. The Labute approximate surface area is 105 Å². The molecular formula is C12H18N2O4. The molecule has 1 unspecified atom stereocenters. The first-order valence-electron chi connectivity index (χ1n) is 5.65. The second-order valence-electron chi connectivity index (χ2n) is 4.22. The van der Waals surface area contributed by atoms with Crippen LogP contribution in [0.1, 0.15) is 30.0 Å². The fraction of sp³-hybridized carbons (Fsp3) is 0.500. The van der Waals surface area contributed by atoms with E-state index < -0.39 is 12.0 Å². The van der Waals surface area contributed by atoms with Crippen molar-refractivity contribution in [2.75, 3.05) is 7.11 Å². The van der Waals surface area contributed by atoms with Crippen LogP contribution in [0.25, 0.3) is 0 Å². The van der Waals surface area contributed by atoms with Crippen LogP contribution in [-0.2, 0) is 16.1 Å². The van der Waals surface area contributed by atoms with E-state index in [2.05, 4.69) is 10.1 Å². The Balaban J connectivity index is 2.75. The predicted octanol–water partition coefficient (Wildman–Crippen LogP) is 0.666. The molecule has 0 aliphatic rings. The van der Waals surface area contributed by atoms with Crippen LogP contribution in [0.5, 0.6) is 0 Å². The maximum Gasteiger partial charge on any atom is 0.328 e. The van der Waals surface area contributed by atoms with Crippen LogP contribution in [0.4, 0.5) is 0 Å². The van der Waals surface area contributed by atoms with Crippen molar-refractivity contribution in [1.29, 1.82) is 0 Å². The number of esters is 1. The second-order valence-corrected chi connectivity index (χ2v) is 4.22. The molecule has 3 N–H and O–H groups in total. The largest absolute Gasteiger partial charge is 0.467 e. The number of hydrogen-bond donors (Lipinski definition) is 2. The van der Waals surface area contributed by atoms with Gasteiger partial charge in [-0.15, -0.1) is 0 Å². The smallest absolute Gasteiger partial charge is 0.328 e. The van der Waals surface area contributed by atoms with Crippen LogP contribution in [0.3, 0.4) is 0 Å². The maximum absolute atomic E-state index is 11.9. The molecule has 0 aliphatic carbocycles. The molecule has 1 aromatic heterocycles. The van der Waals surface area contributed by atoms with E-state index in [1.165, 1.54) is 13.4 Å². The summed E-state index contributed by atoms with van der Waals surface area (Å²) >= 11 is 0. The Morgan fingerprint density at radius 2 is 2.17 bits per heavy atom. The van der Waals surface area contributed by atoms with Gasteiger partial charge in [-0.05, 0) is 12.0 Å². The van der Waals surface area contributed by atoms with E-state index in [1.807, 2.05) is 13.8 Å². The molecule has 1 heterocycles. The van der Waals surface area contributed by atoms with Crippen LogP contribution in [-0.4, -0.2) is 25.0 Å². The van der Waals surface area contributed by atoms with Crippen molar-refractivity contribution < 1.29 is 18.7 Å². The van der Waals surface area contributed by atoms with Crippen molar-refractivity contribution in [1.82, 2.24) is 5.32 Å². The van der Waals surface area contributed by atoms with E-state index in [1.54, 1.807) is 6.07 Å². The van der Waals surface area contributed by atoms with E-state index >= 15 is 0 Å². The molecule has 0 fully saturated rings. The number of furan rings is 1.